The molecule has 0 bridgehead atoms. The Bertz CT molecular complexity index is 906. The van der Waals surface area contributed by atoms with Gasteiger partial charge >= 0.3 is 6.03 Å². The summed E-state index contributed by atoms with van der Waals surface area (Å²) >= 11 is 0. The highest BCUT2D eigenvalue weighted by molar-refractivity contribution is 5.91. The van der Waals surface area contributed by atoms with Gasteiger partial charge in [0.15, 0.2) is 0 Å². The number of benzene rings is 2. The number of nitrogens with zero attached hydrogens (tertiary/aromatic N) is 1. The highest BCUT2D eigenvalue weighted by Crippen LogP contribution is 2.34. The molecule has 2 fully saturated rings. The lowest BCUT2D eigenvalue weighted by Gasteiger charge is -2.32. The lowest BCUT2D eigenvalue weighted by molar-refractivity contribution is -0.0847. The molecule has 7 nitrogen and oxygen atoms in total. The molecule has 4 rings (SSSR count). The van der Waals surface area contributed by atoms with Crippen molar-refractivity contribution in [1.82, 2.24) is 15.5 Å². The quantitative estimate of drug-likeness (QED) is 0.742. The predicted octanol–water partition coefficient (Wildman–Crippen LogP) is 2.92. The van der Waals surface area contributed by atoms with Crippen LogP contribution in [0.25, 0.3) is 10.8 Å². The van der Waals surface area contributed by atoms with Gasteiger partial charge in [0, 0.05) is 38.1 Å². The fourth-order valence-corrected chi connectivity index (χ4v) is 4.70. The van der Waals surface area contributed by atoms with Crippen molar-refractivity contribution < 1.29 is 19.0 Å². The number of nitrogens with one attached hydrogen (secondary N) is 2. The van der Waals surface area contributed by atoms with Crippen molar-refractivity contribution in [1.29, 1.82) is 0 Å². The first-order chi connectivity index (χ1) is 15.1. The molecular weight excluding hydrogens is 394 g/mol. The Morgan fingerprint density at radius 3 is 2.87 bits per heavy atom. The minimum Gasteiger partial charge on any atom is -0.496 e. The average molecular weight is 428 g/mol. The predicted molar refractivity (Wildman–Crippen MR) is 121 cm³/mol. The van der Waals surface area contributed by atoms with Crippen LogP contribution in [-0.4, -0.2) is 69.1 Å². The third-order valence-corrected chi connectivity index (χ3v) is 6.18. The van der Waals surface area contributed by atoms with Crippen LogP contribution in [0.4, 0.5) is 4.79 Å². The standard InChI is InChI=1S/C24H33N3O4/c1-3-25-23(28)26-14-19-10-11-24(31-19)16-27(12-13-30-17-24)15-18-8-9-22(29-2)21-7-5-4-6-20(18)21/h4-9,19H,3,10-17H2,1-2H3,(H2,25,26,28). The Balaban J connectivity index is 1.44. The number of carbonyl (C=O) groups excluding carboxylic acids is 1. The molecule has 7 heteroatoms. The molecule has 0 radical (unpaired) electrons. The first-order valence-electron chi connectivity index (χ1n) is 11.2. The van der Waals surface area contributed by atoms with E-state index in [0.29, 0.717) is 26.3 Å². The van der Waals surface area contributed by atoms with Gasteiger partial charge in [-0.3, -0.25) is 4.90 Å². The number of hydrogen-bond acceptors (Lipinski definition) is 5. The Morgan fingerprint density at radius 1 is 1.23 bits per heavy atom. The summed E-state index contributed by atoms with van der Waals surface area (Å²) in [6, 6.07) is 12.5. The second-order valence-corrected chi connectivity index (χ2v) is 8.44. The Labute approximate surface area is 184 Å². The van der Waals surface area contributed by atoms with Crippen molar-refractivity contribution in [3.8, 4) is 5.75 Å². The molecular formula is C24H33N3O4. The summed E-state index contributed by atoms with van der Waals surface area (Å²) in [5.74, 6) is 0.900. The van der Waals surface area contributed by atoms with E-state index in [-0.39, 0.29) is 17.7 Å². The van der Waals surface area contributed by atoms with E-state index in [1.165, 1.54) is 10.9 Å². The molecule has 2 aliphatic heterocycles. The molecule has 2 aromatic carbocycles. The van der Waals surface area contributed by atoms with E-state index in [1.807, 2.05) is 13.0 Å². The van der Waals surface area contributed by atoms with Gasteiger partial charge in [-0.15, -0.1) is 0 Å². The Morgan fingerprint density at radius 2 is 2.06 bits per heavy atom. The number of rotatable bonds is 6. The van der Waals surface area contributed by atoms with Crippen LogP contribution in [0.2, 0.25) is 0 Å². The van der Waals surface area contributed by atoms with Crippen molar-refractivity contribution in [2.45, 2.75) is 38.0 Å². The second kappa shape index (κ2) is 9.85. The summed E-state index contributed by atoms with van der Waals surface area (Å²) in [7, 11) is 1.71. The SMILES string of the molecule is CCNC(=O)NCC1CCC2(COCCN(Cc3ccc(OC)c4ccccc34)C2)O1. The van der Waals surface area contributed by atoms with E-state index in [1.54, 1.807) is 7.11 Å². The van der Waals surface area contributed by atoms with E-state index in [2.05, 4.69) is 45.9 Å². The molecule has 31 heavy (non-hydrogen) atoms. The summed E-state index contributed by atoms with van der Waals surface area (Å²) in [6.07, 6.45) is 1.89. The van der Waals surface area contributed by atoms with Crippen LogP contribution in [0.1, 0.15) is 25.3 Å². The summed E-state index contributed by atoms with van der Waals surface area (Å²) in [6.45, 7) is 6.87. The van der Waals surface area contributed by atoms with Gasteiger partial charge in [0.25, 0.3) is 0 Å². The fourth-order valence-electron chi connectivity index (χ4n) is 4.70. The summed E-state index contributed by atoms with van der Waals surface area (Å²) in [4.78, 5) is 14.1. The number of methoxy groups -OCH3 is 1. The van der Waals surface area contributed by atoms with E-state index in [4.69, 9.17) is 14.2 Å². The van der Waals surface area contributed by atoms with Crippen LogP contribution in [0.3, 0.4) is 0 Å². The number of hydrogen-bond donors (Lipinski definition) is 2. The first kappa shape index (κ1) is 21.9. The minimum atomic E-state index is -0.313. The number of fused-ring (bicyclic) bond motifs is 1. The second-order valence-electron chi connectivity index (χ2n) is 8.44. The van der Waals surface area contributed by atoms with Gasteiger partial charge in [-0.2, -0.15) is 0 Å². The molecule has 2 amide bonds. The molecule has 0 aromatic heterocycles. The average Bonchev–Trinajstić information content (AvgIpc) is 3.07. The molecule has 168 valence electrons. The van der Waals surface area contributed by atoms with Crippen LogP contribution >= 0.6 is 0 Å². The smallest absolute Gasteiger partial charge is 0.314 e. The van der Waals surface area contributed by atoms with Crippen LogP contribution in [0.15, 0.2) is 36.4 Å². The van der Waals surface area contributed by atoms with Crippen molar-refractivity contribution >= 4 is 16.8 Å². The summed E-state index contributed by atoms with van der Waals surface area (Å²) in [5, 5.41) is 8.02. The van der Waals surface area contributed by atoms with Gasteiger partial charge in [-0.1, -0.05) is 30.3 Å². The number of carbonyl (C=O) groups is 1. The maximum absolute atomic E-state index is 11.7. The normalized spacial score (nSPS) is 24.3. The van der Waals surface area contributed by atoms with Crippen molar-refractivity contribution in [2.75, 3.05) is 46.5 Å². The maximum Gasteiger partial charge on any atom is 0.314 e. The van der Waals surface area contributed by atoms with Gasteiger partial charge in [0.2, 0.25) is 0 Å². The first-order valence-corrected chi connectivity index (χ1v) is 11.2. The molecule has 2 saturated heterocycles. The van der Waals surface area contributed by atoms with Crippen molar-refractivity contribution in [3.63, 3.8) is 0 Å². The van der Waals surface area contributed by atoms with Gasteiger partial charge < -0.3 is 24.8 Å². The lowest BCUT2D eigenvalue weighted by Crippen LogP contribution is -2.46. The van der Waals surface area contributed by atoms with Gasteiger partial charge in [-0.25, -0.2) is 4.79 Å². The monoisotopic (exact) mass is 427 g/mol. The number of ether oxygens (including phenoxy) is 3. The third-order valence-electron chi connectivity index (χ3n) is 6.18. The number of urea groups is 1. The lowest BCUT2D eigenvalue weighted by atomic mass is 9.99. The van der Waals surface area contributed by atoms with Crippen LogP contribution < -0.4 is 15.4 Å². The van der Waals surface area contributed by atoms with Gasteiger partial charge in [0.1, 0.15) is 11.4 Å². The van der Waals surface area contributed by atoms with Crippen LogP contribution in [0, 0.1) is 0 Å². The van der Waals surface area contributed by atoms with E-state index >= 15 is 0 Å². The summed E-state index contributed by atoms with van der Waals surface area (Å²) < 4.78 is 18.0. The van der Waals surface area contributed by atoms with Gasteiger partial charge in [-0.05, 0) is 36.8 Å². The molecule has 0 saturated carbocycles. The van der Waals surface area contributed by atoms with E-state index in [0.717, 1.165) is 43.6 Å². The Hall–Kier alpha value is -2.35. The minimum absolute atomic E-state index is 0.0213. The topological polar surface area (TPSA) is 72.1 Å². The Kier molecular flexibility index (Phi) is 6.95. The van der Waals surface area contributed by atoms with Crippen molar-refractivity contribution in [2.24, 2.45) is 0 Å². The maximum atomic E-state index is 11.7. The van der Waals surface area contributed by atoms with Gasteiger partial charge in [0.05, 0.1) is 26.4 Å². The highest BCUT2D eigenvalue weighted by atomic mass is 16.6. The van der Waals surface area contributed by atoms with Crippen LogP contribution in [-0.2, 0) is 16.0 Å². The zero-order chi connectivity index (χ0) is 21.7. The molecule has 2 unspecified atom stereocenters. The summed E-state index contributed by atoms with van der Waals surface area (Å²) in [5.41, 5.74) is 0.965. The zero-order valence-corrected chi connectivity index (χ0v) is 18.5. The number of amides is 2. The van der Waals surface area contributed by atoms with E-state index < -0.39 is 0 Å². The molecule has 1 spiro atoms. The largest absolute Gasteiger partial charge is 0.496 e. The molecule has 2 N–H and O–H groups in total. The molecule has 2 aliphatic rings. The van der Waals surface area contributed by atoms with Crippen molar-refractivity contribution in [3.05, 3.63) is 42.0 Å². The third kappa shape index (κ3) is 5.11. The van der Waals surface area contributed by atoms with Crippen LogP contribution in [0.5, 0.6) is 5.75 Å². The highest BCUT2D eigenvalue weighted by Gasteiger charge is 2.43. The molecule has 2 aromatic rings. The molecule has 2 atom stereocenters. The molecule has 2 heterocycles. The fraction of sp³-hybridized carbons (Fsp3) is 0.542. The van der Waals surface area contributed by atoms with E-state index in [9.17, 15) is 4.79 Å². The molecule has 0 aliphatic carbocycles. The zero-order valence-electron chi connectivity index (χ0n) is 18.5.